The van der Waals surface area contributed by atoms with Gasteiger partial charge in [-0.2, -0.15) is 0 Å². The molecule has 0 bridgehead atoms. The third kappa shape index (κ3) is 5.35. The molecular weight excluding hydrogens is 485 g/mol. The molecule has 1 saturated heterocycles. The summed E-state index contributed by atoms with van der Waals surface area (Å²) in [6, 6.07) is 12.4. The average molecular weight is 545 g/mol. The van der Waals surface area contributed by atoms with Crippen LogP contribution in [-0.2, 0) is 8.85 Å². The van der Waals surface area contributed by atoms with E-state index in [1.807, 2.05) is 0 Å². The van der Waals surface area contributed by atoms with Crippen molar-refractivity contribution in [3.8, 4) is 0 Å². The molecular formula is C33H60O2Si2. The van der Waals surface area contributed by atoms with Gasteiger partial charge in [0.25, 0.3) is 0 Å². The van der Waals surface area contributed by atoms with Crippen LogP contribution >= 0.6 is 0 Å². The van der Waals surface area contributed by atoms with E-state index < -0.39 is 16.6 Å². The molecule has 0 amide bonds. The van der Waals surface area contributed by atoms with E-state index in [-0.39, 0.29) is 21.6 Å². The molecule has 2 nitrogen and oxygen atoms in total. The average Bonchev–Trinajstić information content (AvgIpc) is 3.13. The lowest BCUT2D eigenvalue weighted by molar-refractivity contribution is -0.0336. The van der Waals surface area contributed by atoms with E-state index in [1.165, 1.54) is 37.3 Å². The number of benzene rings is 1. The molecule has 1 aliphatic carbocycles. The molecule has 1 heterocycles. The zero-order valence-electron chi connectivity index (χ0n) is 26.7. The second-order valence-electron chi connectivity index (χ2n) is 15.8. The molecule has 1 saturated carbocycles. The third-order valence-corrected chi connectivity index (χ3v) is 23.6. The molecule has 0 spiro atoms. The smallest absolute Gasteiger partial charge is 0.204 e. The van der Waals surface area contributed by atoms with Crippen molar-refractivity contribution in [3.63, 3.8) is 0 Å². The van der Waals surface area contributed by atoms with Crippen LogP contribution in [0.5, 0.6) is 0 Å². The van der Waals surface area contributed by atoms with Crippen LogP contribution in [0.1, 0.15) is 127 Å². The van der Waals surface area contributed by atoms with Crippen LogP contribution in [0.2, 0.25) is 32.7 Å². The van der Waals surface area contributed by atoms with Crippen LogP contribution < -0.4 is 0 Å². The van der Waals surface area contributed by atoms with Gasteiger partial charge in [-0.15, -0.1) is 0 Å². The van der Waals surface area contributed by atoms with E-state index in [0.717, 1.165) is 0 Å². The summed E-state index contributed by atoms with van der Waals surface area (Å²) in [7, 11) is -4.18. The summed E-state index contributed by atoms with van der Waals surface area (Å²) < 4.78 is 15.3. The highest BCUT2D eigenvalue weighted by atomic mass is 28.4. The van der Waals surface area contributed by atoms with Gasteiger partial charge in [0.15, 0.2) is 0 Å². The molecule has 1 aliphatic heterocycles. The van der Waals surface area contributed by atoms with Crippen LogP contribution in [0.15, 0.2) is 30.3 Å². The van der Waals surface area contributed by atoms with Crippen molar-refractivity contribution in [3.05, 3.63) is 35.9 Å². The van der Waals surface area contributed by atoms with Crippen LogP contribution in [0, 0.1) is 11.3 Å². The van der Waals surface area contributed by atoms with E-state index in [4.69, 9.17) is 8.85 Å². The fourth-order valence-electron chi connectivity index (χ4n) is 9.08. The minimum absolute atomic E-state index is 0.0737. The Labute approximate surface area is 233 Å². The predicted molar refractivity (Wildman–Crippen MR) is 166 cm³/mol. The summed E-state index contributed by atoms with van der Waals surface area (Å²) in [4.78, 5) is 0. The molecule has 2 aliphatic rings. The van der Waals surface area contributed by atoms with Crippen LogP contribution in [0.25, 0.3) is 0 Å². The first-order valence-corrected chi connectivity index (χ1v) is 19.6. The highest BCUT2D eigenvalue weighted by Gasteiger charge is 2.67. The zero-order chi connectivity index (χ0) is 28.0. The normalized spacial score (nSPS) is 29.5. The Kier molecular flexibility index (Phi) is 9.13. The number of hydrogen-bond donors (Lipinski definition) is 0. The van der Waals surface area contributed by atoms with Gasteiger partial charge < -0.3 is 8.85 Å². The maximum absolute atomic E-state index is 7.68. The standard InChI is InChI=1S/C33H60O2Si2/c1-24(2)37(25(3)4,26(5)6)34-29-22-18-17-21-28(29)33(13)23-36(31(7,8)9,32(10,11)12)35-30(33)27-19-15-14-16-20-27/h14-16,19-20,24-26,28-30H,17-18,21-23H2,1-13H3/t28-,29-,30+,33-/m1/s1. The topological polar surface area (TPSA) is 18.5 Å². The molecule has 1 aromatic rings. The highest BCUT2D eigenvalue weighted by molar-refractivity contribution is 6.80. The Hall–Kier alpha value is -0.426. The van der Waals surface area contributed by atoms with E-state index in [0.29, 0.717) is 28.6 Å². The first-order chi connectivity index (χ1) is 16.9. The molecule has 3 rings (SSSR count). The van der Waals surface area contributed by atoms with Crippen LogP contribution in [-0.4, -0.2) is 22.7 Å². The summed E-state index contributed by atoms with van der Waals surface area (Å²) in [5.41, 5.74) is 3.29. The zero-order valence-corrected chi connectivity index (χ0v) is 28.7. The van der Waals surface area contributed by atoms with E-state index in [1.54, 1.807) is 0 Å². The van der Waals surface area contributed by atoms with Crippen molar-refractivity contribution < 1.29 is 8.85 Å². The fraction of sp³-hybridized carbons (Fsp3) is 0.818. The van der Waals surface area contributed by atoms with Crippen molar-refractivity contribution >= 4 is 16.6 Å². The summed E-state index contributed by atoms with van der Waals surface area (Å²) in [5, 5.41) is 0.320. The van der Waals surface area contributed by atoms with Gasteiger partial charge in [0.2, 0.25) is 16.6 Å². The van der Waals surface area contributed by atoms with E-state index >= 15 is 0 Å². The summed E-state index contributed by atoms with van der Waals surface area (Å²) in [6.07, 6.45) is 5.58. The fourth-order valence-corrected chi connectivity index (χ4v) is 21.1. The molecule has 4 heteroatoms. The second kappa shape index (κ2) is 10.9. The Morgan fingerprint density at radius 3 is 1.78 bits per heavy atom. The summed E-state index contributed by atoms with van der Waals surface area (Å²) in [5.74, 6) is 0.536. The Morgan fingerprint density at radius 2 is 1.32 bits per heavy atom. The summed E-state index contributed by atoms with van der Waals surface area (Å²) >= 11 is 0. The van der Waals surface area contributed by atoms with Crippen molar-refractivity contribution in [1.29, 1.82) is 0 Å². The second-order valence-corrected chi connectivity index (χ2v) is 26.4. The molecule has 0 radical (unpaired) electrons. The molecule has 212 valence electrons. The van der Waals surface area contributed by atoms with Gasteiger partial charge in [0.05, 0.1) is 6.10 Å². The predicted octanol–water partition coefficient (Wildman–Crippen LogP) is 11.1. The molecule has 0 aromatic heterocycles. The SMILES string of the molecule is CC(C)[Si](O[C@@H]1CCCC[C@H]1[C@@]1(C)C[Si](C(C)(C)C)(C(C)(C)C)O[C@H]1c1ccccc1)(C(C)C)C(C)C. The van der Waals surface area contributed by atoms with Gasteiger partial charge in [-0.05, 0) is 57.1 Å². The van der Waals surface area contributed by atoms with Gasteiger partial charge >= 0.3 is 0 Å². The maximum atomic E-state index is 7.68. The molecule has 1 aromatic carbocycles. The van der Waals surface area contributed by atoms with E-state index in [2.05, 4.69) is 120 Å². The molecule has 37 heavy (non-hydrogen) atoms. The Balaban J connectivity index is 2.16. The molecule has 4 atom stereocenters. The number of hydrogen-bond acceptors (Lipinski definition) is 2. The maximum Gasteiger partial charge on any atom is 0.204 e. The Bertz CT molecular complexity index is 844. The molecule has 0 N–H and O–H groups in total. The van der Waals surface area contributed by atoms with Crippen molar-refractivity contribution in [1.82, 2.24) is 0 Å². The quantitative estimate of drug-likeness (QED) is 0.318. The largest absolute Gasteiger partial charge is 0.413 e. The highest BCUT2D eigenvalue weighted by Crippen LogP contribution is 2.69. The Morgan fingerprint density at radius 1 is 0.838 bits per heavy atom. The lowest BCUT2D eigenvalue weighted by Gasteiger charge is -2.52. The first-order valence-electron chi connectivity index (χ1n) is 15.3. The van der Waals surface area contributed by atoms with Gasteiger partial charge in [0.1, 0.15) is 0 Å². The van der Waals surface area contributed by atoms with Gasteiger partial charge in [0, 0.05) is 11.5 Å². The minimum atomic E-state index is -2.20. The first kappa shape index (κ1) is 31.1. The van der Waals surface area contributed by atoms with Crippen molar-refractivity contribution in [2.24, 2.45) is 11.3 Å². The van der Waals surface area contributed by atoms with Gasteiger partial charge in [-0.1, -0.05) is 133 Å². The minimum Gasteiger partial charge on any atom is -0.413 e. The van der Waals surface area contributed by atoms with Gasteiger partial charge in [-0.3, -0.25) is 0 Å². The van der Waals surface area contributed by atoms with Crippen molar-refractivity contribution in [2.45, 2.75) is 161 Å². The lowest BCUT2D eigenvalue weighted by Crippen LogP contribution is -2.55. The third-order valence-electron chi connectivity index (χ3n) is 10.7. The summed E-state index contributed by atoms with van der Waals surface area (Å²) in [6.45, 7) is 32.0. The van der Waals surface area contributed by atoms with E-state index in [9.17, 15) is 0 Å². The lowest BCUT2D eigenvalue weighted by atomic mass is 9.65. The van der Waals surface area contributed by atoms with Crippen molar-refractivity contribution in [2.75, 3.05) is 0 Å². The van der Waals surface area contributed by atoms with Crippen LogP contribution in [0.4, 0.5) is 0 Å². The monoisotopic (exact) mass is 544 g/mol. The molecule has 0 unspecified atom stereocenters. The van der Waals surface area contributed by atoms with Crippen LogP contribution in [0.3, 0.4) is 0 Å². The number of rotatable bonds is 7. The molecule has 2 fully saturated rings. The van der Waals surface area contributed by atoms with Gasteiger partial charge in [-0.25, -0.2) is 0 Å².